The average Bonchev–Trinajstić information content (AvgIpc) is 2.99. The maximum absolute atomic E-state index is 12.5. The number of halogens is 1. The molecule has 0 aliphatic heterocycles. The van der Waals surface area contributed by atoms with Crippen molar-refractivity contribution in [3.63, 3.8) is 0 Å². The van der Waals surface area contributed by atoms with E-state index in [-0.39, 0.29) is 12.3 Å². The number of carbonyl (C=O) groups is 1. The number of amides is 1. The number of benzene rings is 1. The van der Waals surface area contributed by atoms with Gasteiger partial charge in [-0.25, -0.2) is 0 Å². The molecule has 0 saturated carbocycles. The number of methoxy groups -OCH3 is 1. The van der Waals surface area contributed by atoms with E-state index in [0.717, 1.165) is 22.9 Å². The number of pyridine rings is 1. The molecule has 0 radical (unpaired) electrons. The number of carbonyl (C=O) groups excluding carboxylic acids is 1. The monoisotopic (exact) mass is 373 g/mol. The predicted molar refractivity (Wildman–Crippen MR) is 102 cm³/mol. The minimum absolute atomic E-state index is 0.165. The third-order valence-electron chi connectivity index (χ3n) is 3.89. The Morgan fingerprint density at radius 3 is 2.92 bits per heavy atom. The number of anilines is 1. The molecule has 3 rings (SSSR count). The molecule has 0 spiro atoms. The molecule has 3 aromatic rings. The highest BCUT2D eigenvalue weighted by Crippen LogP contribution is 2.31. The SMILES string of the molecule is CCCOn1cc(CC(=O)Nc2ccncc2Cl)c2c(OC)cccc21. The summed E-state index contributed by atoms with van der Waals surface area (Å²) in [5.74, 6) is 0.518. The first kappa shape index (κ1) is 18.1. The Hall–Kier alpha value is -2.73. The summed E-state index contributed by atoms with van der Waals surface area (Å²) in [4.78, 5) is 22.2. The molecule has 0 atom stereocenters. The zero-order chi connectivity index (χ0) is 18.5. The van der Waals surface area contributed by atoms with Crippen LogP contribution < -0.4 is 14.9 Å². The van der Waals surface area contributed by atoms with Gasteiger partial charge in [0.25, 0.3) is 0 Å². The molecule has 1 aromatic carbocycles. The van der Waals surface area contributed by atoms with Crippen LogP contribution in [0, 0.1) is 0 Å². The standard InChI is InChI=1S/C19H20ClN3O3/c1-3-9-26-23-12-13(19-16(23)5-4-6-17(19)25-2)10-18(24)22-15-7-8-21-11-14(15)20/h4-8,11-12H,3,9-10H2,1-2H3,(H,21,22,24). The number of ether oxygens (including phenoxy) is 1. The lowest BCUT2D eigenvalue weighted by Crippen LogP contribution is -2.15. The van der Waals surface area contributed by atoms with E-state index < -0.39 is 0 Å². The van der Waals surface area contributed by atoms with Gasteiger partial charge in [-0.05, 0) is 30.2 Å². The van der Waals surface area contributed by atoms with E-state index in [1.54, 1.807) is 24.1 Å². The summed E-state index contributed by atoms with van der Waals surface area (Å²) < 4.78 is 7.17. The molecule has 0 bridgehead atoms. The summed E-state index contributed by atoms with van der Waals surface area (Å²) in [6, 6.07) is 7.37. The lowest BCUT2D eigenvalue weighted by Gasteiger charge is -2.07. The second-order valence-corrected chi connectivity index (χ2v) is 6.16. The van der Waals surface area contributed by atoms with Crippen LogP contribution in [0.4, 0.5) is 5.69 Å². The van der Waals surface area contributed by atoms with E-state index in [2.05, 4.69) is 10.3 Å². The molecular weight excluding hydrogens is 354 g/mol. The minimum Gasteiger partial charge on any atom is -0.496 e. The van der Waals surface area contributed by atoms with Gasteiger partial charge in [0.2, 0.25) is 5.91 Å². The Labute approximate surface area is 156 Å². The lowest BCUT2D eigenvalue weighted by atomic mass is 10.1. The lowest BCUT2D eigenvalue weighted by molar-refractivity contribution is -0.115. The van der Waals surface area contributed by atoms with Crippen molar-refractivity contribution >= 4 is 34.1 Å². The molecule has 0 fully saturated rings. The van der Waals surface area contributed by atoms with Crippen LogP contribution in [0.25, 0.3) is 10.9 Å². The van der Waals surface area contributed by atoms with E-state index >= 15 is 0 Å². The van der Waals surface area contributed by atoms with Gasteiger partial charge in [-0.2, -0.15) is 4.73 Å². The van der Waals surface area contributed by atoms with Crippen molar-refractivity contribution in [3.05, 3.63) is 53.4 Å². The van der Waals surface area contributed by atoms with Crippen LogP contribution in [-0.4, -0.2) is 29.3 Å². The molecule has 26 heavy (non-hydrogen) atoms. The van der Waals surface area contributed by atoms with E-state index in [4.69, 9.17) is 21.2 Å². The second-order valence-electron chi connectivity index (χ2n) is 5.75. The third kappa shape index (κ3) is 3.75. The zero-order valence-corrected chi connectivity index (χ0v) is 15.4. The number of rotatable bonds is 7. The van der Waals surface area contributed by atoms with Crippen molar-refractivity contribution in [3.8, 4) is 5.75 Å². The van der Waals surface area contributed by atoms with Gasteiger partial charge < -0.3 is 14.9 Å². The van der Waals surface area contributed by atoms with E-state index in [9.17, 15) is 4.79 Å². The van der Waals surface area contributed by atoms with E-state index in [1.807, 2.05) is 31.3 Å². The Bertz CT molecular complexity index is 924. The highest BCUT2D eigenvalue weighted by Gasteiger charge is 2.17. The molecule has 1 amide bonds. The maximum atomic E-state index is 12.5. The molecule has 136 valence electrons. The molecular formula is C19H20ClN3O3. The number of fused-ring (bicyclic) bond motifs is 1. The quantitative estimate of drug-likeness (QED) is 0.685. The van der Waals surface area contributed by atoms with Crippen LogP contribution >= 0.6 is 11.6 Å². The maximum Gasteiger partial charge on any atom is 0.228 e. The van der Waals surface area contributed by atoms with Gasteiger partial charge in [0.1, 0.15) is 12.4 Å². The topological polar surface area (TPSA) is 65.4 Å². The Balaban J connectivity index is 1.91. The smallest absolute Gasteiger partial charge is 0.228 e. The van der Waals surface area contributed by atoms with Crippen LogP contribution in [0.15, 0.2) is 42.9 Å². The van der Waals surface area contributed by atoms with Crippen molar-refractivity contribution in [2.45, 2.75) is 19.8 Å². The van der Waals surface area contributed by atoms with Gasteiger partial charge in [0.15, 0.2) is 0 Å². The summed E-state index contributed by atoms with van der Waals surface area (Å²) in [5, 5.41) is 4.07. The average molecular weight is 374 g/mol. The first-order valence-corrected chi connectivity index (χ1v) is 8.71. The molecule has 0 unspecified atom stereocenters. The number of hydrogen-bond donors (Lipinski definition) is 1. The Morgan fingerprint density at radius 1 is 1.35 bits per heavy atom. The third-order valence-corrected chi connectivity index (χ3v) is 4.19. The van der Waals surface area contributed by atoms with Gasteiger partial charge in [-0.15, -0.1) is 0 Å². The fourth-order valence-corrected chi connectivity index (χ4v) is 2.91. The van der Waals surface area contributed by atoms with Gasteiger partial charge in [-0.3, -0.25) is 9.78 Å². The Kier molecular flexibility index (Phi) is 5.63. The summed E-state index contributed by atoms with van der Waals surface area (Å²) in [6.07, 6.45) is 5.95. The van der Waals surface area contributed by atoms with Crippen molar-refractivity contribution in [2.75, 3.05) is 19.0 Å². The fourth-order valence-electron chi connectivity index (χ4n) is 2.75. The molecule has 1 N–H and O–H groups in total. The predicted octanol–water partition coefficient (Wildman–Crippen LogP) is 3.72. The number of aromatic nitrogens is 2. The first-order chi connectivity index (χ1) is 12.6. The largest absolute Gasteiger partial charge is 0.496 e. The number of nitrogens with zero attached hydrogens (tertiary/aromatic N) is 2. The van der Waals surface area contributed by atoms with Crippen molar-refractivity contribution in [1.29, 1.82) is 0 Å². The van der Waals surface area contributed by atoms with Crippen LogP contribution in [0.2, 0.25) is 5.02 Å². The minimum atomic E-state index is -0.182. The van der Waals surface area contributed by atoms with Crippen molar-refractivity contribution in [2.24, 2.45) is 0 Å². The van der Waals surface area contributed by atoms with Crippen LogP contribution in [0.1, 0.15) is 18.9 Å². The number of nitrogens with one attached hydrogen (secondary N) is 1. The van der Waals surface area contributed by atoms with E-state index in [0.29, 0.717) is 23.1 Å². The molecule has 2 heterocycles. The van der Waals surface area contributed by atoms with Crippen molar-refractivity contribution < 1.29 is 14.4 Å². The van der Waals surface area contributed by atoms with Crippen LogP contribution in [-0.2, 0) is 11.2 Å². The first-order valence-electron chi connectivity index (χ1n) is 8.33. The molecule has 6 nitrogen and oxygen atoms in total. The van der Waals surface area contributed by atoms with Gasteiger partial charge in [0, 0.05) is 24.0 Å². The molecule has 0 aliphatic rings. The van der Waals surface area contributed by atoms with Gasteiger partial charge in [0.05, 0.1) is 29.8 Å². The van der Waals surface area contributed by atoms with Gasteiger partial charge in [-0.1, -0.05) is 24.6 Å². The highest BCUT2D eigenvalue weighted by atomic mass is 35.5. The number of hydrogen-bond acceptors (Lipinski definition) is 4. The highest BCUT2D eigenvalue weighted by molar-refractivity contribution is 6.33. The molecule has 0 saturated heterocycles. The van der Waals surface area contributed by atoms with Crippen molar-refractivity contribution in [1.82, 2.24) is 9.71 Å². The molecule has 2 aromatic heterocycles. The van der Waals surface area contributed by atoms with Crippen LogP contribution in [0.5, 0.6) is 5.75 Å². The normalized spacial score (nSPS) is 10.7. The summed E-state index contributed by atoms with van der Waals surface area (Å²) >= 11 is 6.05. The van der Waals surface area contributed by atoms with Gasteiger partial charge >= 0.3 is 0 Å². The second kappa shape index (κ2) is 8.10. The summed E-state index contributed by atoms with van der Waals surface area (Å²) in [5.41, 5.74) is 2.21. The molecule has 0 aliphatic carbocycles. The fraction of sp³-hybridized carbons (Fsp3) is 0.263. The zero-order valence-electron chi connectivity index (χ0n) is 14.7. The summed E-state index contributed by atoms with van der Waals surface area (Å²) in [7, 11) is 1.61. The molecule has 7 heteroatoms. The van der Waals surface area contributed by atoms with E-state index in [1.165, 1.54) is 6.20 Å². The Morgan fingerprint density at radius 2 is 2.19 bits per heavy atom. The summed E-state index contributed by atoms with van der Waals surface area (Å²) in [6.45, 7) is 2.62. The van der Waals surface area contributed by atoms with Crippen LogP contribution in [0.3, 0.4) is 0 Å².